The molecule has 0 radical (unpaired) electrons. The molecule has 3 atom stereocenters. The predicted molar refractivity (Wildman–Crippen MR) is 56.0 cm³/mol. The number of carbonyl (C=O) groups is 1. The van der Waals surface area contributed by atoms with Crippen LogP contribution in [0, 0.1) is 5.92 Å². The van der Waals surface area contributed by atoms with Gasteiger partial charge in [0.1, 0.15) is 0 Å². The van der Waals surface area contributed by atoms with Gasteiger partial charge >= 0.3 is 0 Å². The first-order valence-electron chi connectivity index (χ1n) is 5.85. The monoisotopic (exact) mass is 196 g/mol. The Labute approximate surface area is 85.6 Å². The molecule has 3 heteroatoms. The number of hydrogen-bond donors (Lipinski definition) is 2. The summed E-state index contributed by atoms with van der Waals surface area (Å²) in [5.41, 5.74) is 0. The van der Waals surface area contributed by atoms with E-state index in [9.17, 15) is 4.79 Å². The minimum atomic E-state index is 0.0862. The summed E-state index contributed by atoms with van der Waals surface area (Å²) >= 11 is 0. The van der Waals surface area contributed by atoms with Crippen LogP contribution in [0.3, 0.4) is 0 Å². The van der Waals surface area contributed by atoms with E-state index in [1.165, 1.54) is 25.7 Å². The van der Waals surface area contributed by atoms with Crippen molar-refractivity contribution in [3.05, 3.63) is 0 Å². The number of hydrogen-bond acceptors (Lipinski definition) is 2. The van der Waals surface area contributed by atoms with Gasteiger partial charge in [-0.3, -0.25) is 4.79 Å². The topological polar surface area (TPSA) is 41.1 Å². The lowest BCUT2D eigenvalue weighted by Gasteiger charge is -2.24. The van der Waals surface area contributed by atoms with Gasteiger partial charge in [0.25, 0.3) is 0 Å². The molecule has 3 nitrogen and oxygen atoms in total. The molecule has 2 aliphatic rings. The first-order chi connectivity index (χ1) is 6.81. The van der Waals surface area contributed by atoms with E-state index in [1.54, 1.807) is 0 Å². The van der Waals surface area contributed by atoms with Crippen LogP contribution in [-0.4, -0.2) is 24.5 Å². The highest BCUT2D eigenvalue weighted by Gasteiger charge is 2.37. The van der Waals surface area contributed by atoms with Crippen LogP contribution in [0.5, 0.6) is 0 Å². The van der Waals surface area contributed by atoms with E-state index in [2.05, 4.69) is 10.6 Å². The standard InChI is InChI=1S/C11H20N2O/c1-2-12-11(14)10-7-8-5-3-4-6-9(8)13-10/h8-10,13H,2-7H2,1H3,(H,12,14). The number of fused-ring (bicyclic) bond motifs is 1. The molecule has 14 heavy (non-hydrogen) atoms. The Morgan fingerprint density at radius 2 is 2.21 bits per heavy atom. The second-order valence-corrected chi connectivity index (χ2v) is 4.50. The van der Waals surface area contributed by atoms with Crippen molar-refractivity contribution in [2.75, 3.05) is 6.54 Å². The highest BCUT2D eigenvalue weighted by Crippen LogP contribution is 2.33. The van der Waals surface area contributed by atoms with Gasteiger partial charge < -0.3 is 10.6 Å². The molecule has 3 unspecified atom stereocenters. The predicted octanol–water partition coefficient (Wildman–Crippen LogP) is 1.04. The zero-order chi connectivity index (χ0) is 9.97. The maximum absolute atomic E-state index is 11.6. The molecule has 1 heterocycles. The van der Waals surface area contributed by atoms with Crippen LogP contribution in [0.1, 0.15) is 39.0 Å². The van der Waals surface area contributed by atoms with Crippen LogP contribution in [0.4, 0.5) is 0 Å². The molecule has 80 valence electrons. The van der Waals surface area contributed by atoms with Gasteiger partial charge in [0.15, 0.2) is 0 Å². The minimum Gasteiger partial charge on any atom is -0.355 e. The summed E-state index contributed by atoms with van der Waals surface area (Å²) in [7, 11) is 0. The fourth-order valence-electron chi connectivity index (χ4n) is 2.82. The maximum Gasteiger partial charge on any atom is 0.237 e. The van der Waals surface area contributed by atoms with Gasteiger partial charge in [-0.15, -0.1) is 0 Å². The Hall–Kier alpha value is -0.570. The van der Waals surface area contributed by atoms with Gasteiger partial charge in [0.05, 0.1) is 6.04 Å². The smallest absolute Gasteiger partial charge is 0.237 e. The Kier molecular flexibility index (Phi) is 3.06. The molecule has 1 aliphatic heterocycles. The fraction of sp³-hybridized carbons (Fsp3) is 0.909. The Balaban J connectivity index is 1.89. The average molecular weight is 196 g/mol. The van der Waals surface area contributed by atoms with Gasteiger partial charge in [-0.05, 0) is 32.1 Å². The van der Waals surface area contributed by atoms with E-state index in [0.29, 0.717) is 6.04 Å². The molecule has 2 N–H and O–H groups in total. The van der Waals surface area contributed by atoms with Gasteiger partial charge in [0, 0.05) is 12.6 Å². The highest BCUT2D eigenvalue weighted by atomic mass is 16.2. The minimum absolute atomic E-state index is 0.0862. The lowest BCUT2D eigenvalue weighted by molar-refractivity contribution is -0.122. The molecule has 1 amide bonds. The fourth-order valence-corrected chi connectivity index (χ4v) is 2.82. The molecule has 2 fully saturated rings. The van der Waals surface area contributed by atoms with Gasteiger partial charge in [-0.1, -0.05) is 12.8 Å². The number of carbonyl (C=O) groups excluding carboxylic acids is 1. The molecule has 2 rings (SSSR count). The van der Waals surface area contributed by atoms with Gasteiger partial charge in [-0.25, -0.2) is 0 Å². The van der Waals surface area contributed by atoms with Crippen molar-refractivity contribution in [2.24, 2.45) is 5.92 Å². The largest absolute Gasteiger partial charge is 0.355 e. The normalized spacial score (nSPS) is 36.5. The number of rotatable bonds is 2. The van der Waals surface area contributed by atoms with E-state index in [-0.39, 0.29) is 11.9 Å². The third-order valence-corrected chi connectivity index (χ3v) is 3.53. The zero-order valence-electron chi connectivity index (χ0n) is 8.88. The first-order valence-corrected chi connectivity index (χ1v) is 5.85. The molecule has 0 aromatic rings. The summed E-state index contributed by atoms with van der Waals surface area (Å²) in [6.45, 7) is 2.71. The van der Waals surface area contributed by atoms with Crippen molar-refractivity contribution in [1.82, 2.24) is 10.6 Å². The number of nitrogens with one attached hydrogen (secondary N) is 2. The van der Waals surface area contributed by atoms with Crippen molar-refractivity contribution in [3.8, 4) is 0 Å². The van der Waals surface area contributed by atoms with Crippen LogP contribution in [0.25, 0.3) is 0 Å². The summed E-state index contributed by atoms with van der Waals surface area (Å²) in [6, 6.07) is 0.708. The molecule has 0 aromatic heterocycles. The molecule has 1 saturated heterocycles. The van der Waals surface area contributed by atoms with E-state index in [0.717, 1.165) is 18.9 Å². The molecule has 0 spiro atoms. The molecule has 0 aromatic carbocycles. The summed E-state index contributed by atoms with van der Waals surface area (Å²) in [5.74, 6) is 0.957. The second-order valence-electron chi connectivity index (χ2n) is 4.50. The van der Waals surface area contributed by atoms with Crippen molar-refractivity contribution in [3.63, 3.8) is 0 Å². The zero-order valence-corrected chi connectivity index (χ0v) is 8.88. The van der Waals surface area contributed by atoms with Crippen LogP contribution in [0.2, 0.25) is 0 Å². The molecule has 1 saturated carbocycles. The van der Waals surface area contributed by atoms with E-state index >= 15 is 0 Å². The quantitative estimate of drug-likeness (QED) is 0.693. The van der Waals surface area contributed by atoms with Crippen LogP contribution >= 0.6 is 0 Å². The summed E-state index contributed by atoms with van der Waals surface area (Å²) in [6.07, 6.45) is 6.31. The molecular weight excluding hydrogens is 176 g/mol. The van der Waals surface area contributed by atoms with Crippen molar-refractivity contribution in [1.29, 1.82) is 0 Å². The van der Waals surface area contributed by atoms with E-state index < -0.39 is 0 Å². The third kappa shape index (κ3) is 1.92. The lowest BCUT2D eigenvalue weighted by atomic mass is 9.85. The second kappa shape index (κ2) is 4.30. The van der Waals surface area contributed by atoms with Crippen molar-refractivity contribution >= 4 is 5.91 Å². The van der Waals surface area contributed by atoms with Crippen molar-refractivity contribution < 1.29 is 4.79 Å². The van der Waals surface area contributed by atoms with E-state index in [4.69, 9.17) is 0 Å². The van der Waals surface area contributed by atoms with Gasteiger partial charge in [-0.2, -0.15) is 0 Å². The van der Waals surface area contributed by atoms with Gasteiger partial charge in [0.2, 0.25) is 5.91 Å². The molecular formula is C11H20N2O. The Morgan fingerprint density at radius 3 is 2.93 bits per heavy atom. The highest BCUT2D eigenvalue weighted by molar-refractivity contribution is 5.82. The van der Waals surface area contributed by atoms with E-state index in [1.807, 2.05) is 6.92 Å². The SMILES string of the molecule is CCNC(=O)C1CC2CCCCC2N1. The lowest BCUT2D eigenvalue weighted by Crippen LogP contribution is -2.43. The summed E-state index contributed by atoms with van der Waals surface area (Å²) in [4.78, 5) is 11.6. The maximum atomic E-state index is 11.6. The summed E-state index contributed by atoms with van der Waals surface area (Å²) < 4.78 is 0. The first kappa shape index (κ1) is 9.97. The Morgan fingerprint density at radius 1 is 1.43 bits per heavy atom. The Bertz CT molecular complexity index is 203. The average Bonchev–Trinajstić information content (AvgIpc) is 2.61. The summed E-state index contributed by atoms with van der Waals surface area (Å²) in [5, 5.41) is 6.36. The van der Waals surface area contributed by atoms with Crippen LogP contribution in [-0.2, 0) is 4.79 Å². The number of likely N-dealkylation sites (N-methyl/N-ethyl adjacent to an activating group) is 1. The molecule has 1 aliphatic carbocycles. The third-order valence-electron chi connectivity index (χ3n) is 3.53. The van der Waals surface area contributed by atoms with Crippen LogP contribution < -0.4 is 10.6 Å². The van der Waals surface area contributed by atoms with Crippen molar-refractivity contribution in [2.45, 2.75) is 51.1 Å². The van der Waals surface area contributed by atoms with Crippen LogP contribution in [0.15, 0.2) is 0 Å². The number of amides is 1. The molecule has 0 bridgehead atoms.